The van der Waals surface area contributed by atoms with Gasteiger partial charge < -0.3 is 29.9 Å². The Kier molecular flexibility index (Phi) is 9.78. The first-order valence-corrected chi connectivity index (χ1v) is 17.4. The van der Waals surface area contributed by atoms with Gasteiger partial charge in [0.15, 0.2) is 5.82 Å². The maximum absolute atomic E-state index is 14.8. The van der Waals surface area contributed by atoms with Crippen molar-refractivity contribution in [2.45, 2.75) is 77.0 Å². The number of hydrogen-bond donors (Lipinski definition) is 2. The summed E-state index contributed by atoms with van der Waals surface area (Å²) in [7, 11) is 0. The van der Waals surface area contributed by atoms with Crippen LogP contribution in [-0.4, -0.2) is 104 Å². The fraction of sp³-hybridized carbons (Fsp3) is 0.543. The van der Waals surface area contributed by atoms with Crippen molar-refractivity contribution in [3.05, 3.63) is 52.7 Å². The monoisotopic (exact) mass is 692 g/mol. The van der Waals surface area contributed by atoms with E-state index in [1.807, 2.05) is 9.80 Å². The Labute approximate surface area is 288 Å². The van der Waals surface area contributed by atoms with Crippen LogP contribution in [0.15, 0.2) is 24.5 Å². The summed E-state index contributed by atoms with van der Waals surface area (Å²) in [5.41, 5.74) is 4.24. The summed E-state index contributed by atoms with van der Waals surface area (Å²) in [5.74, 6) is 0.190. The summed E-state index contributed by atoms with van der Waals surface area (Å²) < 4.78 is 37.3. The number of β-amino-alcohol motifs (C(OH)–C–C–N with tert-alkyl or cyclic N) is 1. The number of rotatable bonds is 8. The number of likely N-dealkylation sites (tertiary alicyclic amines) is 1. The van der Waals surface area contributed by atoms with Crippen LogP contribution < -0.4 is 10.2 Å². The Hall–Kier alpha value is -4.50. The normalized spacial score (nSPS) is 19.5. The maximum Gasteiger partial charge on any atom is 0.264 e. The third kappa shape index (κ3) is 6.93. The molecule has 4 aliphatic heterocycles. The highest BCUT2D eigenvalue weighted by Crippen LogP contribution is 2.43. The predicted molar refractivity (Wildman–Crippen MR) is 178 cm³/mol. The molecule has 7 rings (SSSR count). The number of benzene rings is 1. The lowest BCUT2D eigenvalue weighted by molar-refractivity contribution is -0.132. The molecule has 266 valence electrons. The summed E-state index contributed by atoms with van der Waals surface area (Å²) in [6, 6.07) is 3.52. The number of aliphatic hydroxyl groups is 1. The van der Waals surface area contributed by atoms with Gasteiger partial charge in [0, 0.05) is 93.2 Å². The van der Waals surface area contributed by atoms with Crippen molar-refractivity contribution in [2.24, 2.45) is 0 Å². The molecule has 0 spiro atoms. The van der Waals surface area contributed by atoms with E-state index in [9.17, 15) is 28.3 Å². The van der Waals surface area contributed by atoms with E-state index in [1.54, 1.807) is 19.1 Å². The maximum atomic E-state index is 14.8. The lowest BCUT2D eigenvalue weighted by Gasteiger charge is -2.33. The number of aliphatic hydroxyl groups excluding tert-OH is 1. The highest BCUT2D eigenvalue weighted by Gasteiger charge is 2.34. The number of carbonyl (C=O) groups is 3. The minimum absolute atomic E-state index is 0.00731. The molecule has 0 saturated carbocycles. The van der Waals surface area contributed by atoms with E-state index in [4.69, 9.17) is 9.84 Å². The molecule has 1 atom stereocenters. The second-order valence-corrected chi connectivity index (χ2v) is 13.5. The SMILES string of the molecule is CC(=O)N1CCc2c(c(N3CCCc4cc(-c5cnc(CC(=O)NCC(=O)N6CCC(O)C6)nc5)c(C(F)F)cc43)nn2C2CCOCC2)C1. The van der Waals surface area contributed by atoms with Crippen LogP contribution in [0, 0.1) is 0 Å². The van der Waals surface area contributed by atoms with Gasteiger partial charge in [0.2, 0.25) is 17.7 Å². The number of aromatic nitrogens is 4. The Morgan fingerprint density at radius 1 is 1.04 bits per heavy atom. The van der Waals surface area contributed by atoms with Crippen molar-refractivity contribution >= 4 is 29.2 Å². The zero-order chi connectivity index (χ0) is 34.9. The Bertz CT molecular complexity index is 1760. The lowest BCUT2D eigenvalue weighted by Crippen LogP contribution is -2.40. The first-order valence-electron chi connectivity index (χ1n) is 17.4. The molecule has 6 heterocycles. The van der Waals surface area contributed by atoms with Crippen molar-refractivity contribution in [3.8, 4) is 11.1 Å². The molecule has 1 unspecified atom stereocenters. The summed E-state index contributed by atoms with van der Waals surface area (Å²) in [4.78, 5) is 51.1. The molecule has 0 radical (unpaired) electrons. The molecule has 50 heavy (non-hydrogen) atoms. The van der Waals surface area contributed by atoms with Crippen LogP contribution in [0.3, 0.4) is 0 Å². The zero-order valence-corrected chi connectivity index (χ0v) is 28.1. The molecule has 0 bridgehead atoms. The molecule has 2 saturated heterocycles. The van der Waals surface area contributed by atoms with Crippen molar-refractivity contribution in [3.63, 3.8) is 0 Å². The molecule has 3 amide bonds. The van der Waals surface area contributed by atoms with E-state index in [2.05, 4.69) is 20.0 Å². The highest BCUT2D eigenvalue weighted by molar-refractivity contribution is 5.85. The van der Waals surface area contributed by atoms with Gasteiger partial charge in [-0.05, 0) is 55.4 Å². The van der Waals surface area contributed by atoms with Gasteiger partial charge in [0.05, 0.1) is 31.7 Å². The molecule has 2 aromatic heterocycles. The third-order valence-electron chi connectivity index (χ3n) is 10.2. The van der Waals surface area contributed by atoms with E-state index in [0.29, 0.717) is 75.5 Å². The second-order valence-electron chi connectivity index (χ2n) is 13.5. The fourth-order valence-electron chi connectivity index (χ4n) is 7.49. The van der Waals surface area contributed by atoms with Crippen LogP contribution in [0.4, 0.5) is 20.3 Å². The number of carbonyl (C=O) groups excluding carboxylic acids is 3. The Morgan fingerprint density at radius 2 is 1.82 bits per heavy atom. The van der Waals surface area contributed by atoms with Gasteiger partial charge in [0.25, 0.3) is 6.43 Å². The first-order chi connectivity index (χ1) is 24.2. The van der Waals surface area contributed by atoms with E-state index >= 15 is 0 Å². The van der Waals surface area contributed by atoms with Gasteiger partial charge in [0.1, 0.15) is 5.82 Å². The summed E-state index contributed by atoms with van der Waals surface area (Å²) in [6.45, 7) is 5.04. The lowest BCUT2D eigenvalue weighted by atomic mass is 9.92. The summed E-state index contributed by atoms with van der Waals surface area (Å²) >= 11 is 0. The van der Waals surface area contributed by atoms with Crippen LogP contribution in [0.2, 0.25) is 0 Å². The van der Waals surface area contributed by atoms with Crippen LogP contribution in [-0.2, 0) is 44.9 Å². The third-order valence-corrected chi connectivity index (χ3v) is 10.2. The largest absolute Gasteiger partial charge is 0.391 e. The van der Waals surface area contributed by atoms with Crippen LogP contribution in [0.1, 0.15) is 73.3 Å². The van der Waals surface area contributed by atoms with Crippen molar-refractivity contribution in [1.29, 1.82) is 0 Å². The average Bonchev–Trinajstić information content (AvgIpc) is 3.74. The molecule has 3 aromatic rings. The number of nitrogens with one attached hydrogen (secondary N) is 1. The van der Waals surface area contributed by atoms with Crippen LogP contribution in [0.5, 0.6) is 0 Å². The highest BCUT2D eigenvalue weighted by atomic mass is 19.3. The molecule has 15 heteroatoms. The van der Waals surface area contributed by atoms with E-state index in [0.717, 1.165) is 41.9 Å². The Morgan fingerprint density at radius 3 is 2.52 bits per heavy atom. The number of hydrogen-bond acceptors (Lipinski definition) is 9. The molecule has 1 aromatic carbocycles. The smallest absolute Gasteiger partial charge is 0.264 e. The quantitative estimate of drug-likeness (QED) is 0.364. The number of anilines is 2. The Balaban J connectivity index is 1.13. The van der Waals surface area contributed by atoms with E-state index < -0.39 is 18.4 Å². The zero-order valence-electron chi connectivity index (χ0n) is 28.1. The van der Waals surface area contributed by atoms with Gasteiger partial charge >= 0.3 is 0 Å². The van der Waals surface area contributed by atoms with Gasteiger partial charge in [-0.2, -0.15) is 5.10 Å². The van der Waals surface area contributed by atoms with Gasteiger partial charge in [-0.25, -0.2) is 18.7 Å². The van der Waals surface area contributed by atoms with Gasteiger partial charge in [-0.3, -0.25) is 19.1 Å². The predicted octanol–water partition coefficient (Wildman–Crippen LogP) is 2.87. The molecular formula is C35H42F2N8O5. The molecule has 4 aliphatic rings. The number of aryl methyl sites for hydroxylation is 1. The molecule has 13 nitrogen and oxygen atoms in total. The van der Waals surface area contributed by atoms with Crippen molar-refractivity contribution in [1.82, 2.24) is 34.9 Å². The molecular weight excluding hydrogens is 650 g/mol. The van der Waals surface area contributed by atoms with Crippen LogP contribution in [0.25, 0.3) is 11.1 Å². The van der Waals surface area contributed by atoms with Gasteiger partial charge in [-0.15, -0.1) is 0 Å². The molecule has 0 aliphatic carbocycles. The standard InChI is InChI=1S/C35H42F2N8O5/c1-21(46)42-10-5-29-28(20-42)35(41-45(29)24-6-11-50-12-7-24)44-8-2-3-22-13-26(27(34(36)37)14-30(22)44)23-16-38-31(39-17-23)15-32(48)40-18-33(49)43-9-4-25(47)19-43/h13-14,16-17,24-25,34,47H,2-12,15,18-20H2,1H3,(H,40,48). The average molecular weight is 693 g/mol. The topological polar surface area (TPSA) is 146 Å². The number of nitrogens with zero attached hydrogens (tertiary/aromatic N) is 7. The number of fused-ring (bicyclic) bond motifs is 2. The second kappa shape index (κ2) is 14.4. The van der Waals surface area contributed by atoms with Gasteiger partial charge in [-0.1, -0.05) is 0 Å². The number of amides is 3. The minimum Gasteiger partial charge on any atom is -0.391 e. The fourth-order valence-corrected chi connectivity index (χ4v) is 7.49. The van der Waals surface area contributed by atoms with E-state index in [1.165, 1.54) is 17.3 Å². The molecule has 2 fully saturated rings. The first kappa shape index (κ1) is 34.0. The number of halogens is 2. The van der Waals surface area contributed by atoms with Crippen molar-refractivity contribution in [2.75, 3.05) is 50.8 Å². The number of alkyl halides is 2. The minimum atomic E-state index is -2.78. The molecule has 2 N–H and O–H groups in total. The summed E-state index contributed by atoms with van der Waals surface area (Å²) in [5, 5.41) is 17.3. The van der Waals surface area contributed by atoms with Crippen molar-refractivity contribution < 1.29 is 33.0 Å². The summed E-state index contributed by atoms with van der Waals surface area (Å²) in [6.07, 6.45) is 3.76. The van der Waals surface area contributed by atoms with E-state index in [-0.39, 0.29) is 48.8 Å². The number of ether oxygens (including phenoxy) is 1. The van der Waals surface area contributed by atoms with Crippen LogP contribution >= 0.6 is 0 Å².